The van der Waals surface area contributed by atoms with Gasteiger partial charge < -0.3 is 4.57 Å². The highest BCUT2D eigenvalue weighted by atomic mass is 19.3. The lowest BCUT2D eigenvalue weighted by Crippen LogP contribution is -2.18. The molecule has 0 saturated heterocycles. The lowest BCUT2D eigenvalue weighted by Gasteiger charge is -2.01. The molecule has 1 heterocycles. The number of hydrogen-bond acceptors (Lipinski definition) is 1. The van der Waals surface area contributed by atoms with Crippen LogP contribution in [0.2, 0.25) is 0 Å². The van der Waals surface area contributed by atoms with Crippen molar-refractivity contribution in [3.8, 4) is 0 Å². The Balaban J connectivity index is 2.38. The van der Waals surface area contributed by atoms with Crippen molar-refractivity contribution < 1.29 is 8.78 Å². The molecule has 0 bridgehead atoms. The molecule has 0 amide bonds. The predicted molar refractivity (Wildman–Crippen MR) is 39.3 cm³/mol. The van der Waals surface area contributed by atoms with Crippen LogP contribution in [-0.2, 0) is 0 Å². The minimum Gasteiger partial charge on any atom is -0.306 e. The second-order valence-corrected chi connectivity index (χ2v) is 2.93. The fraction of sp³-hybridized carbons (Fsp3) is 0.375. The lowest BCUT2D eigenvalue weighted by atomic mass is 10.4. The van der Waals surface area contributed by atoms with E-state index < -0.39 is 12.0 Å². The van der Waals surface area contributed by atoms with Gasteiger partial charge in [0.1, 0.15) is 6.04 Å². The summed E-state index contributed by atoms with van der Waals surface area (Å²) in [5.74, 6) is -2.68. The number of aromatic nitrogens is 1. The second kappa shape index (κ2) is 2.15. The first-order valence-corrected chi connectivity index (χ1v) is 3.66. The first kappa shape index (κ1) is 7.46. The lowest BCUT2D eigenvalue weighted by molar-refractivity contribution is 0.100. The summed E-state index contributed by atoms with van der Waals surface area (Å²) in [4.78, 5) is 11.0. The molecule has 0 aromatic carbocycles. The fourth-order valence-corrected chi connectivity index (χ4v) is 1.20. The monoisotopic (exact) mass is 171 g/mol. The third kappa shape index (κ3) is 1.03. The Bertz CT molecular complexity index is 358. The van der Waals surface area contributed by atoms with E-state index in [1.807, 2.05) is 0 Å². The molecule has 1 aromatic heterocycles. The first-order chi connectivity index (χ1) is 5.61. The molecule has 0 N–H and O–H groups in total. The number of nitrogens with zero attached hydrogens (tertiary/aromatic N) is 1. The SMILES string of the molecule is O=c1ccccn1C1CC1(F)F. The average Bonchev–Trinajstić information content (AvgIpc) is 2.61. The Morgan fingerprint density at radius 1 is 1.50 bits per heavy atom. The Labute approximate surface area is 67.4 Å². The van der Waals surface area contributed by atoms with Crippen molar-refractivity contribution in [3.05, 3.63) is 34.7 Å². The molecule has 1 aromatic rings. The van der Waals surface area contributed by atoms with E-state index in [-0.39, 0.29) is 12.0 Å². The minimum absolute atomic E-state index is 0.211. The summed E-state index contributed by atoms with van der Waals surface area (Å²) in [5.41, 5.74) is -0.361. The Morgan fingerprint density at radius 2 is 2.17 bits per heavy atom. The summed E-state index contributed by atoms with van der Waals surface area (Å²) >= 11 is 0. The van der Waals surface area contributed by atoms with Gasteiger partial charge in [0.15, 0.2) is 0 Å². The van der Waals surface area contributed by atoms with Gasteiger partial charge in [0.25, 0.3) is 11.5 Å². The highest BCUT2D eigenvalue weighted by Gasteiger charge is 2.58. The zero-order chi connectivity index (χ0) is 8.77. The maximum Gasteiger partial charge on any atom is 0.270 e. The molecular weight excluding hydrogens is 164 g/mol. The summed E-state index contributed by atoms with van der Waals surface area (Å²) in [5, 5.41) is 0. The van der Waals surface area contributed by atoms with Gasteiger partial charge in [-0.25, -0.2) is 8.78 Å². The topological polar surface area (TPSA) is 22.0 Å². The van der Waals surface area contributed by atoms with Crippen molar-refractivity contribution in [2.45, 2.75) is 18.4 Å². The molecule has 1 saturated carbocycles. The van der Waals surface area contributed by atoms with Crippen LogP contribution < -0.4 is 5.56 Å². The quantitative estimate of drug-likeness (QED) is 0.626. The van der Waals surface area contributed by atoms with E-state index in [2.05, 4.69) is 0 Å². The normalized spacial score (nSPS) is 25.3. The van der Waals surface area contributed by atoms with Gasteiger partial charge in [-0.3, -0.25) is 4.79 Å². The Hall–Kier alpha value is -1.19. The van der Waals surface area contributed by atoms with E-state index in [1.54, 1.807) is 12.1 Å². The van der Waals surface area contributed by atoms with Crippen molar-refractivity contribution in [3.63, 3.8) is 0 Å². The third-order valence-electron chi connectivity index (χ3n) is 1.98. The van der Waals surface area contributed by atoms with Gasteiger partial charge in [0, 0.05) is 18.7 Å². The molecule has 1 fully saturated rings. The fourth-order valence-electron chi connectivity index (χ4n) is 1.20. The smallest absolute Gasteiger partial charge is 0.270 e. The summed E-state index contributed by atoms with van der Waals surface area (Å²) in [6.07, 6.45) is 1.19. The second-order valence-electron chi connectivity index (χ2n) is 2.93. The molecule has 0 spiro atoms. The predicted octanol–water partition coefficient (Wildman–Crippen LogP) is 1.43. The van der Waals surface area contributed by atoms with Crippen LogP contribution in [0.15, 0.2) is 29.2 Å². The van der Waals surface area contributed by atoms with Crippen molar-refractivity contribution in [1.29, 1.82) is 0 Å². The van der Waals surface area contributed by atoms with Crippen molar-refractivity contribution in [1.82, 2.24) is 4.57 Å². The minimum atomic E-state index is -2.68. The molecule has 64 valence electrons. The van der Waals surface area contributed by atoms with Gasteiger partial charge in [0.05, 0.1) is 0 Å². The molecular formula is C8H7F2NO. The largest absolute Gasteiger partial charge is 0.306 e. The zero-order valence-corrected chi connectivity index (χ0v) is 6.21. The number of rotatable bonds is 1. The average molecular weight is 171 g/mol. The highest BCUT2D eigenvalue weighted by molar-refractivity contribution is 5.05. The number of hydrogen-bond donors (Lipinski definition) is 0. The van der Waals surface area contributed by atoms with Crippen LogP contribution in [0.3, 0.4) is 0 Å². The van der Waals surface area contributed by atoms with E-state index in [0.29, 0.717) is 0 Å². The van der Waals surface area contributed by atoms with Gasteiger partial charge in [0.2, 0.25) is 0 Å². The van der Waals surface area contributed by atoms with E-state index in [1.165, 1.54) is 12.3 Å². The number of alkyl halides is 2. The van der Waals surface area contributed by atoms with Crippen LogP contribution in [0.25, 0.3) is 0 Å². The zero-order valence-electron chi connectivity index (χ0n) is 6.21. The van der Waals surface area contributed by atoms with E-state index >= 15 is 0 Å². The van der Waals surface area contributed by atoms with Gasteiger partial charge in [-0.1, -0.05) is 6.07 Å². The molecule has 1 aliphatic carbocycles. The Morgan fingerprint density at radius 3 is 2.67 bits per heavy atom. The van der Waals surface area contributed by atoms with Crippen LogP contribution in [0.5, 0.6) is 0 Å². The molecule has 0 radical (unpaired) electrons. The van der Waals surface area contributed by atoms with Gasteiger partial charge in [-0.2, -0.15) is 0 Å². The van der Waals surface area contributed by atoms with Crippen LogP contribution >= 0.6 is 0 Å². The summed E-state index contributed by atoms with van der Waals surface area (Å²) < 4.78 is 26.1. The van der Waals surface area contributed by atoms with Crippen molar-refractivity contribution >= 4 is 0 Å². The van der Waals surface area contributed by atoms with Crippen LogP contribution in [0.4, 0.5) is 8.78 Å². The van der Waals surface area contributed by atoms with Gasteiger partial charge >= 0.3 is 0 Å². The maximum atomic E-state index is 12.5. The molecule has 1 unspecified atom stereocenters. The highest BCUT2D eigenvalue weighted by Crippen LogP contribution is 2.51. The third-order valence-corrected chi connectivity index (χ3v) is 1.98. The standard InChI is InChI=1S/C8H7F2NO/c9-8(10)5-6(8)11-4-2-1-3-7(11)12/h1-4,6H,5H2. The van der Waals surface area contributed by atoms with Crippen LogP contribution in [0.1, 0.15) is 12.5 Å². The van der Waals surface area contributed by atoms with Crippen LogP contribution in [-0.4, -0.2) is 10.5 Å². The summed E-state index contributed by atoms with van der Waals surface area (Å²) in [7, 11) is 0. The number of pyridine rings is 1. The van der Waals surface area contributed by atoms with E-state index in [4.69, 9.17) is 0 Å². The van der Waals surface area contributed by atoms with Crippen molar-refractivity contribution in [2.75, 3.05) is 0 Å². The van der Waals surface area contributed by atoms with Crippen molar-refractivity contribution in [2.24, 2.45) is 0 Å². The maximum absolute atomic E-state index is 12.5. The molecule has 12 heavy (non-hydrogen) atoms. The summed E-state index contributed by atoms with van der Waals surface area (Å²) in [6, 6.07) is 3.50. The molecule has 4 heteroatoms. The van der Waals surface area contributed by atoms with Gasteiger partial charge in [-0.05, 0) is 6.07 Å². The first-order valence-electron chi connectivity index (χ1n) is 3.66. The van der Waals surface area contributed by atoms with E-state index in [0.717, 1.165) is 4.57 Å². The van der Waals surface area contributed by atoms with E-state index in [9.17, 15) is 13.6 Å². The van der Waals surface area contributed by atoms with Gasteiger partial charge in [-0.15, -0.1) is 0 Å². The summed E-state index contributed by atoms with van der Waals surface area (Å²) in [6.45, 7) is 0. The van der Waals surface area contributed by atoms with Crippen LogP contribution in [0, 0.1) is 0 Å². The molecule has 0 aliphatic heterocycles. The molecule has 1 aliphatic rings. The molecule has 2 rings (SSSR count). The Kier molecular flexibility index (Phi) is 1.34. The molecule has 1 atom stereocenters. The molecule has 2 nitrogen and oxygen atoms in total. The number of halogens is 2.